The van der Waals surface area contributed by atoms with Crippen LogP contribution in [0.1, 0.15) is 16.1 Å². The molecule has 2 aromatic carbocycles. The van der Waals surface area contributed by atoms with Crippen molar-refractivity contribution in [3.63, 3.8) is 0 Å². The molecule has 0 fully saturated rings. The average molecular weight is 305 g/mol. The van der Waals surface area contributed by atoms with E-state index >= 15 is 0 Å². The molecule has 0 saturated carbocycles. The van der Waals surface area contributed by atoms with Gasteiger partial charge in [-0.05, 0) is 24.3 Å². The van der Waals surface area contributed by atoms with Gasteiger partial charge in [-0.15, -0.1) is 0 Å². The van der Waals surface area contributed by atoms with Gasteiger partial charge < -0.3 is 10.1 Å². The SMILES string of the molecule is O=C(NCc1cccc[nH+]1)c1ccccc1Oc1ccccc1. The van der Waals surface area contributed by atoms with E-state index in [-0.39, 0.29) is 5.91 Å². The van der Waals surface area contributed by atoms with Crippen molar-refractivity contribution in [3.8, 4) is 11.5 Å². The smallest absolute Gasteiger partial charge is 0.255 e. The fourth-order valence-corrected chi connectivity index (χ4v) is 2.17. The van der Waals surface area contributed by atoms with Gasteiger partial charge in [0, 0.05) is 12.1 Å². The predicted octanol–water partition coefficient (Wildman–Crippen LogP) is 3.22. The monoisotopic (exact) mass is 305 g/mol. The van der Waals surface area contributed by atoms with Crippen molar-refractivity contribution in [1.29, 1.82) is 0 Å². The summed E-state index contributed by atoms with van der Waals surface area (Å²) in [6.07, 6.45) is 1.83. The van der Waals surface area contributed by atoms with E-state index in [1.54, 1.807) is 12.1 Å². The first-order valence-electron chi connectivity index (χ1n) is 7.38. The van der Waals surface area contributed by atoms with Crippen molar-refractivity contribution >= 4 is 5.91 Å². The quantitative estimate of drug-likeness (QED) is 0.787. The topological polar surface area (TPSA) is 52.5 Å². The van der Waals surface area contributed by atoms with Crippen molar-refractivity contribution in [2.45, 2.75) is 6.54 Å². The summed E-state index contributed by atoms with van der Waals surface area (Å²) in [7, 11) is 0. The number of benzene rings is 2. The Bertz CT molecular complexity index is 774. The van der Waals surface area contributed by atoms with Crippen molar-refractivity contribution in [2.75, 3.05) is 0 Å². The molecular formula is C19H17N2O2+. The molecule has 4 nitrogen and oxygen atoms in total. The van der Waals surface area contributed by atoms with E-state index in [0.29, 0.717) is 23.6 Å². The summed E-state index contributed by atoms with van der Waals surface area (Å²) in [6.45, 7) is 0.430. The van der Waals surface area contributed by atoms with Crippen molar-refractivity contribution in [1.82, 2.24) is 5.32 Å². The number of para-hydroxylation sites is 2. The third-order valence-electron chi connectivity index (χ3n) is 3.32. The molecule has 0 saturated heterocycles. The minimum atomic E-state index is -0.172. The maximum absolute atomic E-state index is 12.4. The van der Waals surface area contributed by atoms with E-state index in [1.165, 1.54) is 0 Å². The third kappa shape index (κ3) is 3.95. The van der Waals surface area contributed by atoms with Crippen LogP contribution in [0.3, 0.4) is 0 Å². The summed E-state index contributed by atoms with van der Waals surface area (Å²) >= 11 is 0. The van der Waals surface area contributed by atoms with Crippen LogP contribution in [-0.4, -0.2) is 5.91 Å². The number of H-pyrrole nitrogens is 1. The summed E-state index contributed by atoms with van der Waals surface area (Å²) in [4.78, 5) is 15.5. The second-order valence-electron chi connectivity index (χ2n) is 4.98. The number of carbonyl (C=O) groups is 1. The minimum absolute atomic E-state index is 0.172. The number of aromatic nitrogens is 1. The Hall–Kier alpha value is -3.14. The Morgan fingerprint density at radius 1 is 0.913 bits per heavy atom. The van der Waals surface area contributed by atoms with Crippen LogP contribution < -0.4 is 15.0 Å². The van der Waals surface area contributed by atoms with Gasteiger partial charge in [-0.1, -0.05) is 36.4 Å². The molecule has 2 N–H and O–H groups in total. The first kappa shape index (κ1) is 14.8. The zero-order chi connectivity index (χ0) is 15.9. The van der Waals surface area contributed by atoms with Gasteiger partial charge in [0.25, 0.3) is 5.91 Å². The van der Waals surface area contributed by atoms with Crippen LogP contribution in [0.5, 0.6) is 11.5 Å². The Balaban J connectivity index is 1.73. The van der Waals surface area contributed by atoms with Gasteiger partial charge >= 0.3 is 0 Å². The normalized spacial score (nSPS) is 10.1. The van der Waals surface area contributed by atoms with Crippen LogP contribution in [0.25, 0.3) is 0 Å². The number of nitrogens with one attached hydrogen (secondary N) is 2. The highest BCUT2D eigenvalue weighted by atomic mass is 16.5. The van der Waals surface area contributed by atoms with E-state index < -0.39 is 0 Å². The van der Waals surface area contributed by atoms with Gasteiger partial charge in [-0.25, -0.2) is 4.98 Å². The number of aromatic amines is 1. The van der Waals surface area contributed by atoms with Gasteiger partial charge in [0.2, 0.25) is 0 Å². The molecule has 0 unspecified atom stereocenters. The first-order valence-corrected chi connectivity index (χ1v) is 7.38. The molecule has 0 aliphatic heterocycles. The number of pyridine rings is 1. The molecule has 23 heavy (non-hydrogen) atoms. The van der Waals surface area contributed by atoms with E-state index in [9.17, 15) is 4.79 Å². The fraction of sp³-hybridized carbons (Fsp3) is 0.0526. The van der Waals surface area contributed by atoms with Gasteiger partial charge in [0.15, 0.2) is 11.9 Å². The highest BCUT2D eigenvalue weighted by Gasteiger charge is 2.13. The van der Waals surface area contributed by atoms with Gasteiger partial charge in [-0.3, -0.25) is 4.79 Å². The highest BCUT2D eigenvalue weighted by molar-refractivity contribution is 5.96. The van der Waals surface area contributed by atoms with Gasteiger partial charge in [-0.2, -0.15) is 0 Å². The fourth-order valence-electron chi connectivity index (χ4n) is 2.17. The van der Waals surface area contributed by atoms with Crippen molar-refractivity contribution < 1.29 is 14.5 Å². The molecule has 114 valence electrons. The van der Waals surface area contributed by atoms with E-state index in [4.69, 9.17) is 4.74 Å². The lowest BCUT2D eigenvalue weighted by Crippen LogP contribution is -2.26. The van der Waals surface area contributed by atoms with Crippen LogP contribution in [0.15, 0.2) is 79.0 Å². The molecule has 1 amide bonds. The van der Waals surface area contributed by atoms with Crippen LogP contribution >= 0.6 is 0 Å². The van der Waals surface area contributed by atoms with Crippen LogP contribution in [0.2, 0.25) is 0 Å². The molecule has 0 atom stereocenters. The van der Waals surface area contributed by atoms with Gasteiger partial charge in [0.05, 0.1) is 5.56 Å². The maximum Gasteiger partial charge on any atom is 0.255 e. The van der Waals surface area contributed by atoms with E-state index in [0.717, 1.165) is 5.69 Å². The molecule has 0 spiro atoms. The number of amides is 1. The molecule has 0 aliphatic rings. The summed E-state index contributed by atoms with van der Waals surface area (Å²) in [5, 5.41) is 2.89. The highest BCUT2D eigenvalue weighted by Crippen LogP contribution is 2.24. The zero-order valence-electron chi connectivity index (χ0n) is 12.5. The lowest BCUT2D eigenvalue weighted by Gasteiger charge is -2.10. The summed E-state index contributed by atoms with van der Waals surface area (Å²) < 4.78 is 5.81. The summed E-state index contributed by atoms with van der Waals surface area (Å²) in [5.41, 5.74) is 1.44. The molecule has 1 aromatic heterocycles. The average Bonchev–Trinajstić information content (AvgIpc) is 2.62. The minimum Gasteiger partial charge on any atom is -0.457 e. The molecule has 0 radical (unpaired) electrons. The molecule has 1 heterocycles. The largest absolute Gasteiger partial charge is 0.457 e. The Morgan fingerprint density at radius 3 is 2.43 bits per heavy atom. The zero-order valence-corrected chi connectivity index (χ0v) is 12.5. The van der Waals surface area contributed by atoms with Gasteiger partial charge in [0.1, 0.15) is 18.0 Å². The third-order valence-corrected chi connectivity index (χ3v) is 3.32. The molecule has 3 rings (SSSR count). The van der Waals surface area contributed by atoms with E-state index in [2.05, 4.69) is 10.3 Å². The van der Waals surface area contributed by atoms with Crippen LogP contribution in [0, 0.1) is 0 Å². The second kappa shape index (κ2) is 7.22. The van der Waals surface area contributed by atoms with Crippen molar-refractivity contribution in [2.24, 2.45) is 0 Å². The Labute approximate surface area is 134 Å². The molecule has 3 aromatic rings. The maximum atomic E-state index is 12.4. The molecule has 0 bridgehead atoms. The van der Waals surface area contributed by atoms with Crippen LogP contribution in [0.4, 0.5) is 0 Å². The summed E-state index contributed by atoms with van der Waals surface area (Å²) in [6, 6.07) is 22.4. The second-order valence-corrected chi connectivity index (χ2v) is 4.98. The molecular weight excluding hydrogens is 288 g/mol. The Morgan fingerprint density at radius 2 is 1.65 bits per heavy atom. The first-order chi connectivity index (χ1) is 11.3. The lowest BCUT2D eigenvalue weighted by atomic mass is 10.2. The number of hydrogen-bond donors (Lipinski definition) is 1. The predicted molar refractivity (Wildman–Crippen MR) is 87.1 cm³/mol. The summed E-state index contributed by atoms with van der Waals surface area (Å²) in [5.74, 6) is 1.06. The molecule has 0 aliphatic carbocycles. The standard InChI is InChI=1S/C19H16N2O2/c22-19(21-14-15-8-6-7-13-20-15)17-11-4-5-12-18(17)23-16-9-2-1-3-10-16/h1-13H,14H2,(H,21,22)/p+1. The number of rotatable bonds is 5. The van der Waals surface area contributed by atoms with Crippen molar-refractivity contribution in [3.05, 3.63) is 90.3 Å². The van der Waals surface area contributed by atoms with Crippen LogP contribution in [-0.2, 0) is 6.54 Å². The number of ether oxygens (including phenoxy) is 1. The Kier molecular flexibility index (Phi) is 4.64. The number of hydrogen-bond acceptors (Lipinski definition) is 2. The number of carbonyl (C=O) groups excluding carboxylic acids is 1. The lowest BCUT2D eigenvalue weighted by molar-refractivity contribution is -0.390. The van der Waals surface area contributed by atoms with E-state index in [1.807, 2.05) is 66.9 Å². The molecule has 4 heteroatoms.